The number of benzene rings is 1. The van der Waals surface area contributed by atoms with Crippen molar-refractivity contribution in [1.29, 1.82) is 0 Å². The van der Waals surface area contributed by atoms with Gasteiger partial charge in [-0.05, 0) is 25.1 Å². The molecule has 130 valence electrons. The first kappa shape index (κ1) is 16.0. The van der Waals surface area contributed by atoms with Gasteiger partial charge in [0.1, 0.15) is 17.5 Å². The molecule has 0 bridgehead atoms. The number of pyridine rings is 1. The maximum Gasteiger partial charge on any atom is 0.323 e. The second-order valence-corrected chi connectivity index (χ2v) is 6.61. The predicted molar refractivity (Wildman–Crippen MR) is 87.2 cm³/mol. The van der Waals surface area contributed by atoms with Crippen LogP contribution in [0.15, 0.2) is 18.2 Å². The van der Waals surface area contributed by atoms with Crippen LogP contribution in [0, 0.1) is 12.7 Å². The number of aryl methyl sites for hydroxylation is 1. The number of carbonyl (C=O) groups excluding carboxylic acids is 2. The number of methoxy groups -OCH3 is 1. The first-order chi connectivity index (χ1) is 11.9. The molecule has 1 fully saturated rings. The molecule has 2 atom stereocenters. The number of fused-ring (bicyclic) bond motifs is 3. The molecule has 1 spiro atoms. The van der Waals surface area contributed by atoms with Gasteiger partial charge < -0.3 is 14.8 Å². The van der Waals surface area contributed by atoms with Crippen LogP contribution in [-0.2, 0) is 9.53 Å². The Morgan fingerprint density at radius 3 is 3.04 bits per heavy atom. The van der Waals surface area contributed by atoms with E-state index in [2.05, 4.69) is 10.3 Å². The quantitative estimate of drug-likeness (QED) is 0.797. The Hall–Kier alpha value is -2.54. The summed E-state index contributed by atoms with van der Waals surface area (Å²) in [6.45, 7) is 2.12. The predicted octanol–water partition coefficient (Wildman–Crippen LogP) is 1.92. The van der Waals surface area contributed by atoms with Gasteiger partial charge in [0, 0.05) is 18.4 Å². The highest BCUT2D eigenvalue weighted by Crippen LogP contribution is 2.42. The summed E-state index contributed by atoms with van der Waals surface area (Å²) in [5, 5.41) is 3.51. The first-order valence-corrected chi connectivity index (χ1v) is 8.06. The number of esters is 1. The summed E-state index contributed by atoms with van der Waals surface area (Å²) in [6.07, 6.45) is 0.459. The number of rotatable bonds is 1. The summed E-state index contributed by atoms with van der Waals surface area (Å²) in [5.41, 5.74) is 0.691. The van der Waals surface area contributed by atoms with E-state index < -0.39 is 17.5 Å². The highest BCUT2D eigenvalue weighted by Gasteiger charge is 2.49. The minimum absolute atomic E-state index is 0.121. The number of carbonyl (C=O) groups is 2. The number of halogens is 1. The van der Waals surface area contributed by atoms with Crippen molar-refractivity contribution in [3.05, 3.63) is 35.3 Å². The molecular formula is C18H17FN2O4. The average Bonchev–Trinajstić information content (AvgIpc) is 2.98. The number of ether oxygens (including phenoxy) is 2. The monoisotopic (exact) mass is 344 g/mol. The zero-order valence-corrected chi connectivity index (χ0v) is 13.9. The molecule has 7 heteroatoms. The zero-order chi connectivity index (χ0) is 17.8. The van der Waals surface area contributed by atoms with Crippen molar-refractivity contribution >= 4 is 22.7 Å². The lowest BCUT2D eigenvalue weighted by atomic mass is 9.86. The van der Waals surface area contributed by atoms with Crippen LogP contribution >= 0.6 is 0 Å². The number of hydrogen-bond donors (Lipinski definition) is 1. The smallest absolute Gasteiger partial charge is 0.323 e. The third-order valence-electron chi connectivity index (χ3n) is 4.88. The molecule has 2 aliphatic rings. The minimum Gasteiger partial charge on any atom is -0.483 e. The number of Topliss-reactive ketones (excluding diaryl/α,β-unsaturated/α-hetero) is 1. The van der Waals surface area contributed by atoms with E-state index in [1.807, 2.05) is 0 Å². The molecule has 3 heterocycles. The van der Waals surface area contributed by atoms with Gasteiger partial charge in [-0.2, -0.15) is 0 Å². The summed E-state index contributed by atoms with van der Waals surface area (Å²) in [6, 6.07) is 3.67. The molecule has 0 aliphatic carbocycles. The molecular weight excluding hydrogens is 327 g/mol. The van der Waals surface area contributed by atoms with Crippen LogP contribution in [0.2, 0.25) is 0 Å². The SMILES string of the molecule is COC(=O)[C@@H]1C[C@]2(CN1)CC(=O)c1c(c(C)nc3ccc(F)cc13)O2. The fraction of sp³-hybridized carbons (Fsp3) is 0.389. The van der Waals surface area contributed by atoms with Crippen LogP contribution in [0.1, 0.15) is 28.9 Å². The molecule has 4 rings (SSSR count). The van der Waals surface area contributed by atoms with E-state index in [1.165, 1.54) is 19.2 Å². The van der Waals surface area contributed by atoms with E-state index in [4.69, 9.17) is 9.47 Å². The number of nitrogens with one attached hydrogen (secondary N) is 1. The van der Waals surface area contributed by atoms with Crippen molar-refractivity contribution in [1.82, 2.24) is 10.3 Å². The van der Waals surface area contributed by atoms with Crippen molar-refractivity contribution in [3.63, 3.8) is 0 Å². The van der Waals surface area contributed by atoms with E-state index in [0.717, 1.165) is 0 Å². The lowest BCUT2D eigenvalue weighted by Gasteiger charge is -2.35. The van der Waals surface area contributed by atoms with Gasteiger partial charge >= 0.3 is 5.97 Å². The topological polar surface area (TPSA) is 77.5 Å². The number of nitrogens with zero attached hydrogens (tertiary/aromatic N) is 1. The highest BCUT2D eigenvalue weighted by atomic mass is 19.1. The van der Waals surface area contributed by atoms with Gasteiger partial charge in [0.05, 0.1) is 30.3 Å². The highest BCUT2D eigenvalue weighted by molar-refractivity contribution is 6.11. The van der Waals surface area contributed by atoms with Gasteiger partial charge in [-0.3, -0.25) is 9.59 Å². The molecule has 0 unspecified atom stereocenters. The first-order valence-electron chi connectivity index (χ1n) is 8.06. The fourth-order valence-electron chi connectivity index (χ4n) is 3.72. The Morgan fingerprint density at radius 2 is 2.28 bits per heavy atom. The maximum atomic E-state index is 13.7. The van der Waals surface area contributed by atoms with Gasteiger partial charge in [-0.15, -0.1) is 0 Å². The van der Waals surface area contributed by atoms with Crippen molar-refractivity contribution in [2.24, 2.45) is 0 Å². The lowest BCUT2D eigenvalue weighted by molar-refractivity contribution is -0.143. The molecule has 0 saturated carbocycles. The second-order valence-electron chi connectivity index (χ2n) is 6.61. The fourth-order valence-corrected chi connectivity index (χ4v) is 3.72. The van der Waals surface area contributed by atoms with Crippen LogP contribution in [0.4, 0.5) is 4.39 Å². The van der Waals surface area contributed by atoms with Gasteiger partial charge in [-0.1, -0.05) is 0 Å². The lowest BCUT2D eigenvalue weighted by Crippen LogP contribution is -2.44. The van der Waals surface area contributed by atoms with Crippen molar-refractivity contribution in [2.45, 2.75) is 31.4 Å². The Balaban J connectivity index is 1.79. The van der Waals surface area contributed by atoms with Crippen molar-refractivity contribution in [3.8, 4) is 5.75 Å². The molecule has 25 heavy (non-hydrogen) atoms. The molecule has 1 aromatic carbocycles. The molecule has 2 aromatic rings. The zero-order valence-electron chi connectivity index (χ0n) is 13.9. The van der Waals surface area contributed by atoms with Crippen LogP contribution < -0.4 is 10.1 Å². The van der Waals surface area contributed by atoms with E-state index in [-0.39, 0.29) is 18.2 Å². The Labute approximate surface area is 143 Å². The minimum atomic E-state index is -0.809. The largest absolute Gasteiger partial charge is 0.483 e. The summed E-state index contributed by atoms with van der Waals surface area (Å²) in [7, 11) is 1.33. The normalized spacial score (nSPS) is 25.1. The number of hydrogen-bond acceptors (Lipinski definition) is 6. The molecule has 0 radical (unpaired) electrons. The molecule has 2 aliphatic heterocycles. The van der Waals surface area contributed by atoms with Crippen LogP contribution in [0.3, 0.4) is 0 Å². The van der Waals surface area contributed by atoms with E-state index >= 15 is 0 Å². The van der Waals surface area contributed by atoms with Crippen LogP contribution in [0.25, 0.3) is 10.9 Å². The number of aromatic nitrogens is 1. The summed E-state index contributed by atoms with van der Waals surface area (Å²) >= 11 is 0. The summed E-state index contributed by atoms with van der Waals surface area (Å²) in [4.78, 5) is 29.1. The van der Waals surface area contributed by atoms with E-state index in [0.29, 0.717) is 40.9 Å². The van der Waals surface area contributed by atoms with Gasteiger partial charge in [0.25, 0.3) is 0 Å². The van der Waals surface area contributed by atoms with Crippen molar-refractivity contribution < 1.29 is 23.5 Å². The molecule has 6 nitrogen and oxygen atoms in total. The Morgan fingerprint density at radius 1 is 1.48 bits per heavy atom. The van der Waals surface area contributed by atoms with Gasteiger partial charge in [0.15, 0.2) is 11.5 Å². The number of ketones is 1. The Kier molecular flexibility index (Phi) is 3.50. The summed E-state index contributed by atoms with van der Waals surface area (Å²) < 4.78 is 24.6. The van der Waals surface area contributed by atoms with Crippen molar-refractivity contribution in [2.75, 3.05) is 13.7 Å². The second kappa shape index (κ2) is 5.49. The summed E-state index contributed by atoms with van der Waals surface area (Å²) in [5.74, 6) is -0.563. The molecule has 1 saturated heterocycles. The molecule has 1 aromatic heterocycles. The van der Waals surface area contributed by atoms with Gasteiger partial charge in [-0.25, -0.2) is 9.37 Å². The van der Waals surface area contributed by atoms with Gasteiger partial charge in [0.2, 0.25) is 0 Å². The van der Waals surface area contributed by atoms with Crippen LogP contribution in [-0.4, -0.2) is 42.0 Å². The standard InChI is InChI=1S/C18H17FN2O4/c1-9-16-15(11-5-10(19)3-4-12(11)21-9)14(22)7-18(25-16)6-13(20-8-18)17(23)24-2/h3-5,13,20H,6-8H2,1-2H3/t13-,18+/m0/s1. The third kappa shape index (κ3) is 2.46. The van der Waals surface area contributed by atoms with Crippen LogP contribution in [0.5, 0.6) is 5.75 Å². The van der Waals surface area contributed by atoms with E-state index in [9.17, 15) is 14.0 Å². The third-order valence-corrected chi connectivity index (χ3v) is 4.88. The molecule has 1 N–H and O–H groups in total. The molecule has 0 amide bonds. The Bertz CT molecular complexity index is 914. The van der Waals surface area contributed by atoms with E-state index in [1.54, 1.807) is 13.0 Å². The average molecular weight is 344 g/mol. The maximum absolute atomic E-state index is 13.7.